The average molecular weight is 246 g/mol. The van der Waals surface area contributed by atoms with Crippen LogP contribution >= 0.6 is 0 Å². The minimum Gasteiger partial charge on any atom is -0.493 e. The van der Waals surface area contributed by atoms with Gasteiger partial charge in [-0.1, -0.05) is 39.8 Å². The normalized spacial score (nSPS) is 19.4. The number of benzene rings is 1. The van der Waals surface area contributed by atoms with Crippen LogP contribution in [0.15, 0.2) is 18.2 Å². The quantitative estimate of drug-likeness (QED) is 0.682. The summed E-state index contributed by atoms with van der Waals surface area (Å²) in [4.78, 5) is 0. The van der Waals surface area contributed by atoms with Crippen LogP contribution in [-0.2, 0) is 6.42 Å². The third kappa shape index (κ3) is 2.55. The Kier molecular flexibility index (Phi) is 3.99. The van der Waals surface area contributed by atoms with Gasteiger partial charge in [0.15, 0.2) is 0 Å². The van der Waals surface area contributed by atoms with E-state index < -0.39 is 0 Å². The first kappa shape index (κ1) is 13.5. The van der Waals surface area contributed by atoms with Gasteiger partial charge in [-0.15, -0.1) is 0 Å². The zero-order valence-electron chi connectivity index (χ0n) is 12.3. The summed E-state index contributed by atoms with van der Waals surface area (Å²) in [5, 5.41) is 0. The molecule has 2 aliphatic rings. The van der Waals surface area contributed by atoms with Crippen LogP contribution in [-0.4, -0.2) is 6.61 Å². The van der Waals surface area contributed by atoms with Gasteiger partial charge in [0.25, 0.3) is 0 Å². The highest BCUT2D eigenvalue weighted by molar-refractivity contribution is 5.43. The molecule has 3 rings (SSSR count). The maximum absolute atomic E-state index is 6.02. The SMILES string of the molecule is CC.CC(C)c1cccc2c1CCC1(CC1)CO2. The number of rotatable bonds is 1. The summed E-state index contributed by atoms with van der Waals surface area (Å²) in [6.45, 7) is 9.49. The van der Waals surface area contributed by atoms with Gasteiger partial charge in [0, 0.05) is 5.41 Å². The minimum absolute atomic E-state index is 0.549. The Bertz CT molecular complexity index is 402. The molecule has 1 heteroatoms. The first-order valence-corrected chi connectivity index (χ1v) is 7.45. The molecular formula is C17H26O. The van der Waals surface area contributed by atoms with Gasteiger partial charge >= 0.3 is 0 Å². The molecule has 0 atom stereocenters. The summed E-state index contributed by atoms with van der Waals surface area (Å²) in [5.74, 6) is 1.75. The van der Waals surface area contributed by atoms with E-state index in [4.69, 9.17) is 4.74 Å². The first-order valence-electron chi connectivity index (χ1n) is 7.45. The fourth-order valence-electron chi connectivity index (χ4n) is 2.79. The fourth-order valence-corrected chi connectivity index (χ4v) is 2.79. The third-order valence-corrected chi connectivity index (χ3v) is 4.19. The minimum atomic E-state index is 0.549. The summed E-state index contributed by atoms with van der Waals surface area (Å²) >= 11 is 0. The van der Waals surface area contributed by atoms with Crippen LogP contribution in [0.25, 0.3) is 0 Å². The van der Waals surface area contributed by atoms with Gasteiger partial charge in [-0.05, 0) is 48.8 Å². The summed E-state index contributed by atoms with van der Waals surface area (Å²) < 4.78 is 6.02. The average Bonchev–Trinajstić information content (AvgIpc) is 3.19. The topological polar surface area (TPSA) is 9.23 Å². The summed E-state index contributed by atoms with van der Waals surface area (Å²) in [7, 11) is 0. The van der Waals surface area contributed by atoms with Crippen LogP contribution < -0.4 is 4.74 Å². The highest BCUT2D eigenvalue weighted by Gasteiger charge is 2.44. The molecule has 1 heterocycles. The van der Waals surface area contributed by atoms with Crippen molar-refractivity contribution in [2.75, 3.05) is 6.61 Å². The van der Waals surface area contributed by atoms with E-state index in [0.29, 0.717) is 11.3 Å². The fraction of sp³-hybridized carbons (Fsp3) is 0.647. The van der Waals surface area contributed by atoms with Crippen molar-refractivity contribution in [2.45, 2.75) is 59.3 Å². The monoisotopic (exact) mass is 246 g/mol. The van der Waals surface area contributed by atoms with E-state index in [1.54, 1.807) is 0 Å². The Hall–Kier alpha value is -0.980. The van der Waals surface area contributed by atoms with Crippen molar-refractivity contribution in [3.05, 3.63) is 29.3 Å². The molecule has 1 nitrogen and oxygen atoms in total. The molecule has 1 fully saturated rings. The van der Waals surface area contributed by atoms with Crippen molar-refractivity contribution in [3.8, 4) is 5.75 Å². The second-order valence-electron chi connectivity index (χ2n) is 5.77. The molecule has 0 aromatic heterocycles. The van der Waals surface area contributed by atoms with E-state index in [9.17, 15) is 0 Å². The van der Waals surface area contributed by atoms with Crippen LogP contribution in [0.4, 0.5) is 0 Å². The number of fused-ring (bicyclic) bond motifs is 1. The van der Waals surface area contributed by atoms with Gasteiger partial charge < -0.3 is 4.74 Å². The predicted molar refractivity (Wildman–Crippen MR) is 77.4 cm³/mol. The van der Waals surface area contributed by atoms with Crippen molar-refractivity contribution in [3.63, 3.8) is 0 Å². The zero-order valence-corrected chi connectivity index (χ0v) is 12.3. The lowest BCUT2D eigenvalue weighted by molar-refractivity contribution is 0.238. The van der Waals surface area contributed by atoms with E-state index in [1.807, 2.05) is 13.8 Å². The van der Waals surface area contributed by atoms with E-state index in [0.717, 1.165) is 12.4 Å². The molecule has 18 heavy (non-hydrogen) atoms. The smallest absolute Gasteiger partial charge is 0.122 e. The second-order valence-corrected chi connectivity index (χ2v) is 5.77. The molecular weight excluding hydrogens is 220 g/mol. The van der Waals surface area contributed by atoms with Crippen molar-refractivity contribution in [2.24, 2.45) is 5.41 Å². The number of hydrogen-bond donors (Lipinski definition) is 0. The van der Waals surface area contributed by atoms with Crippen molar-refractivity contribution in [1.29, 1.82) is 0 Å². The molecule has 0 N–H and O–H groups in total. The largest absolute Gasteiger partial charge is 0.493 e. The van der Waals surface area contributed by atoms with Gasteiger partial charge in [0.05, 0.1) is 6.61 Å². The van der Waals surface area contributed by atoms with Gasteiger partial charge in [0.1, 0.15) is 5.75 Å². The Morgan fingerprint density at radius 1 is 1.11 bits per heavy atom. The molecule has 1 aliphatic carbocycles. The van der Waals surface area contributed by atoms with Gasteiger partial charge in [-0.3, -0.25) is 0 Å². The molecule has 0 amide bonds. The molecule has 0 radical (unpaired) electrons. The van der Waals surface area contributed by atoms with Crippen LogP contribution in [0.1, 0.15) is 64.0 Å². The van der Waals surface area contributed by atoms with Crippen molar-refractivity contribution in [1.82, 2.24) is 0 Å². The van der Waals surface area contributed by atoms with E-state index >= 15 is 0 Å². The molecule has 1 saturated carbocycles. The zero-order chi connectivity index (χ0) is 13.2. The molecule has 0 bridgehead atoms. The highest BCUT2D eigenvalue weighted by Crippen LogP contribution is 2.52. The number of hydrogen-bond acceptors (Lipinski definition) is 1. The third-order valence-electron chi connectivity index (χ3n) is 4.19. The van der Waals surface area contributed by atoms with Crippen LogP contribution in [0.3, 0.4) is 0 Å². The van der Waals surface area contributed by atoms with E-state index in [-0.39, 0.29) is 0 Å². The molecule has 0 unspecified atom stereocenters. The second kappa shape index (κ2) is 5.34. The molecule has 1 aromatic rings. The molecule has 1 aromatic carbocycles. The van der Waals surface area contributed by atoms with Crippen LogP contribution in [0.5, 0.6) is 5.75 Å². The Morgan fingerprint density at radius 2 is 1.83 bits per heavy atom. The lowest BCUT2D eigenvalue weighted by Gasteiger charge is -2.14. The number of ether oxygens (including phenoxy) is 1. The van der Waals surface area contributed by atoms with E-state index in [2.05, 4.69) is 32.0 Å². The molecule has 100 valence electrons. The van der Waals surface area contributed by atoms with Crippen molar-refractivity contribution < 1.29 is 4.74 Å². The Labute approximate surface area is 112 Å². The van der Waals surface area contributed by atoms with Gasteiger partial charge in [0.2, 0.25) is 0 Å². The van der Waals surface area contributed by atoms with Crippen LogP contribution in [0.2, 0.25) is 0 Å². The van der Waals surface area contributed by atoms with E-state index in [1.165, 1.54) is 36.8 Å². The molecule has 1 aliphatic heterocycles. The highest BCUT2D eigenvalue weighted by atomic mass is 16.5. The van der Waals surface area contributed by atoms with Crippen LogP contribution in [0, 0.1) is 5.41 Å². The van der Waals surface area contributed by atoms with Gasteiger partial charge in [-0.2, -0.15) is 0 Å². The predicted octanol–water partition coefficient (Wildman–Crippen LogP) is 4.94. The van der Waals surface area contributed by atoms with Gasteiger partial charge in [-0.25, -0.2) is 0 Å². The maximum atomic E-state index is 6.02. The first-order chi connectivity index (χ1) is 8.70. The van der Waals surface area contributed by atoms with Crippen molar-refractivity contribution >= 4 is 0 Å². The lowest BCUT2D eigenvalue weighted by Crippen LogP contribution is -2.10. The molecule has 1 spiro atoms. The molecule has 0 saturated heterocycles. The maximum Gasteiger partial charge on any atom is 0.122 e. The summed E-state index contributed by atoms with van der Waals surface area (Å²) in [6, 6.07) is 6.54. The Balaban J connectivity index is 0.000000574. The standard InChI is InChI=1S/C15H20O.C2H6/c1-11(2)12-4-3-5-14-13(12)6-7-15(8-9-15)10-16-14;1-2/h3-5,11H,6-10H2,1-2H3;1-2H3. The summed E-state index contributed by atoms with van der Waals surface area (Å²) in [5.41, 5.74) is 3.50. The summed E-state index contributed by atoms with van der Waals surface area (Å²) in [6.07, 6.45) is 5.28. The Morgan fingerprint density at radius 3 is 2.44 bits per heavy atom. The lowest BCUT2D eigenvalue weighted by atomic mass is 9.91.